The average molecular weight is 179 g/mol. The van der Waals surface area contributed by atoms with Crippen molar-refractivity contribution in [3.63, 3.8) is 0 Å². The van der Waals surface area contributed by atoms with Crippen molar-refractivity contribution in [2.75, 3.05) is 0 Å². The first-order valence-electron chi connectivity index (χ1n) is 3.30. The molecule has 5 heteroatoms. The molecule has 1 N–H and O–H groups in total. The highest BCUT2D eigenvalue weighted by molar-refractivity contribution is 7.13. The molecule has 0 aliphatic heterocycles. The number of H-pyrrole nitrogens is 1. The standard InChI is InChI=1S/C7H5N3OS/c11-4-6-5(3-9-10-6)7-8-1-2-12-7/h1-4H,(H,9,10). The molecule has 0 bridgehead atoms. The summed E-state index contributed by atoms with van der Waals surface area (Å²) in [6.45, 7) is 0. The van der Waals surface area contributed by atoms with Crippen LogP contribution >= 0.6 is 11.3 Å². The van der Waals surface area contributed by atoms with Crippen molar-refractivity contribution in [2.45, 2.75) is 0 Å². The van der Waals surface area contributed by atoms with Crippen molar-refractivity contribution in [3.05, 3.63) is 23.5 Å². The fourth-order valence-corrected chi connectivity index (χ4v) is 1.57. The zero-order valence-electron chi connectivity index (χ0n) is 6.02. The van der Waals surface area contributed by atoms with Gasteiger partial charge in [-0.1, -0.05) is 0 Å². The number of thiazole rings is 1. The van der Waals surface area contributed by atoms with Crippen LogP contribution in [0.4, 0.5) is 0 Å². The number of aldehydes is 1. The summed E-state index contributed by atoms with van der Waals surface area (Å²) in [4.78, 5) is 14.6. The van der Waals surface area contributed by atoms with E-state index in [1.54, 1.807) is 12.4 Å². The Morgan fingerprint density at radius 1 is 1.58 bits per heavy atom. The van der Waals surface area contributed by atoms with Crippen molar-refractivity contribution in [3.8, 4) is 10.6 Å². The van der Waals surface area contributed by atoms with Gasteiger partial charge in [0.05, 0.1) is 11.8 Å². The molecule has 0 aliphatic rings. The minimum Gasteiger partial charge on any atom is -0.296 e. The Labute approximate surface area is 72.3 Å². The van der Waals surface area contributed by atoms with Crippen molar-refractivity contribution < 1.29 is 4.79 Å². The molecule has 60 valence electrons. The molecule has 2 rings (SSSR count). The lowest BCUT2D eigenvalue weighted by molar-refractivity contribution is 0.111. The van der Waals surface area contributed by atoms with Crippen LogP contribution < -0.4 is 0 Å². The number of carbonyl (C=O) groups excluding carboxylic acids is 1. The van der Waals surface area contributed by atoms with Crippen LogP contribution in [0.2, 0.25) is 0 Å². The van der Waals surface area contributed by atoms with Gasteiger partial charge in [-0.2, -0.15) is 5.10 Å². The molecule has 0 spiro atoms. The van der Waals surface area contributed by atoms with E-state index in [1.807, 2.05) is 5.38 Å². The minimum absolute atomic E-state index is 0.477. The van der Waals surface area contributed by atoms with Crippen LogP contribution in [-0.2, 0) is 0 Å². The van der Waals surface area contributed by atoms with Crippen LogP contribution in [-0.4, -0.2) is 21.5 Å². The number of aromatic nitrogens is 3. The normalized spacial score (nSPS) is 10.0. The summed E-state index contributed by atoms with van der Waals surface area (Å²) in [6.07, 6.45) is 4.04. The molecule has 0 aromatic carbocycles. The fourth-order valence-electron chi connectivity index (χ4n) is 0.913. The van der Waals surface area contributed by atoms with E-state index in [4.69, 9.17) is 0 Å². The van der Waals surface area contributed by atoms with Crippen LogP contribution in [0.1, 0.15) is 10.5 Å². The molecule has 0 atom stereocenters. The third-order valence-corrected chi connectivity index (χ3v) is 2.26. The quantitative estimate of drug-likeness (QED) is 0.708. The first kappa shape index (κ1) is 7.17. The summed E-state index contributed by atoms with van der Waals surface area (Å²) < 4.78 is 0. The topological polar surface area (TPSA) is 58.6 Å². The molecule has 0 amide bonds. The van der Waals surface area contributed by atoms with Gasteiger partial charge in [-0.25, -0.2) is 4.98 Å². The molecule has 12 heavy (non-hydrogen) atoms. The average Bonchev–Trinajstić information content (AvgIpc) is 2.74. The summed E-state index contributed by atoms with van der Waals surface area (Å²) in [5.74, 6) is 0. The van der Waals surface area contributed by atoms with Gasteiger partial charge in [0.1, 0.15) is 10.7 Å². The molecule has 2 aromatic rings. The van der Waals surface area contributed by atoms with Gasteiger partial charge in [-0.3, -0.25) is 9.89 Å². The molecule has 0 aliphatic carbocycles. The predicted molar refractivity (Wildman–Crippen MR) is 45.1 cm³/mol. The van der Waals surface area contributed by atoms with Crippen LogP contribution in [0.3, 0.4) is 0 Å². The van der Waals surface area contributed by atoms with E-state index in [0.29, 0.717) is 5.69 Å². The Hall–Kier alpha value is -1.49. The summed E-state index contributed by atoms with van der Waals surface area (Å²) >= 11 is 1.48. The highest BCUT2D eigenvalue weighted by atomic mass is 32.1. The van der Waals surface area contributed by atoms with Crippen molar-refractivity contribution in [1.29, 1.82) is 0 Å². The van der Waals surface area contributed by atoms with Gasteiger partial charge in [0.2, 0.25) is 0 Å². The molecule has 4 nitrogen and oxygen atoms in total. The largest absolute Gasteiger partial charge is 0.296 e. The maximum atomic E-state index is 10.5. The number of hydrogen-bond acceptors (Lipinski definition) is 4. The summed E-state index contributed by atoms with van der Waals surface area (Å²) in [7, 11) is 0. The van der Waals surface area contributed by atoms with Crippen molar-refractivity contribution in [2.24, 2.45) is 0 Å². The Kier molecular flexibility index (Phi) is 1.71. The molecule has 2 heterocycles. The van der Waals surface area contributed by atoms with E-state index in [9.17, 15) is 4.79 Å². The lowest BCUT2D eigenvalue weighted by Crippen LogP contribution is -1.82. The molecule has 0 unspecified atom stereocenters. The van der Waals surface area contributed by atoms with E-state index >= 15 is 0 Å². The second-order valence-corrected chi connectivity index (χ2v) is 3.05. The summed E-state index contributed by atoms with van der Waals surface area (Å²) in [5.41, 5.74) is 1.24. The van der Waals surface area contributed by atoms with Crippen LogP contribution in [0.5, 0.6) is 0 Å². The van der Waals surface area contributed by atoms with E-state index in [2.05, 4.69) is 15.2 Å². The van der Waals surface area contributed by atoms with Gasteiger partial charge in [0.15, 0.2) is 6.29 Å². The monoisotopic (exact) mass is 179 g/mol. The number of nitrogens with zero attached hydrogens (tertiary/aromatic N) is 2. The third-order valence-electron chi connectivity index (χ3n) is 1.45. The van der Waals surface area contributed by atoms with Gasteiger partial charge < -0.3 is 0 Å². The molecular formula is C7H5N3OS. The van der Waals surface area contributed by atoms with E-state index in [1.165, 1.54) is 11.3 Å². The smallest absolute Gasteiger partial charge is 0.168 e. The van der Waals surface area contributed by atoms with E-state index in [-0.39, 0.29) is 0 Å². The zero-order chi connectivity index (χ0) is 8.39. The van der Waals surface area contributed by atoms with Gasteiger partial charge in [-0.15, -0.1) is 11.3 Å². The lowest BCUT2D eigenvalue weighted by atomic mass is 10.3. The van der Waals surface area contributed by atoms with Gasteiger partial charge in [0.25, 0.3) is 0 Å². The highest BCUT2D eigenvalue weighted by Gasteiger charge is 2.07. The van der Waals surface area contributed by atoms with E-state index in [0.717, 1.165) is 16.9 Å². The number of rotatable bonds is 2. The SMILES string of the molecule is O=Cc1[nH]ncc1-c1nccs1. The molecule has 0 saturated heterocycles. The van der Waals surface area contributed by atoms with Gasteiger partial charge in [-0.05, 0) is 0 Å². The van der Waals surface area contributed by atoms with Crippen LogP contribution in [0.25, 0.3) is 10.6 Å². The minimum atomic E-state index is 0.477. The number of nitrogens with one attached hydrogen (secondary N) is 1. The number of hydrogen-bond donors (Lipinski definition) is 1. The fraction of sp³-hybridized carbons (Fsp3) is 0. The van der Waals surface area contributed by atoms with Gasteiger partial charge in [0, 0.05) is 11.6 Å². The first-order valence-corrected chi connectivity index (χ1v) is 4.18. The van der Waals surface area contributed by atoms with Gasteiger partial charge >= 0.3 is 0 Å². The Morgan fingerprint density at radius 2 is 2.50 bits per heavy atom. The van der Waals surface area contributed by atoms with Crippen LogP contribution in [0.15, 0.2) is 17.8 Å². The summed E-state index contributed by atoms with van der Waals surface area (Å²) in [6, 6.07) is 0. The molecule has 0 saturated carbocycles. The van der Waals surface area contributed by atoms with Crippen molar-refractivity contribution >= 4 is 17.6 Å². The maximum absolute atomic E-state index is 10.5. The van der Waals surface area contributed by atoms with Crippen LogP contribution in [0, 0.1) is 0 Å². The highest BCUT2D eigenvalue weighted by Crippen LogP contribution is 2.22. The number of aromatic amines is 1. The summed E-state index contributed by atoms with van der Waals surface area (Å²) in [5, 5.41) is 9.02. The predicted octanol–water partition coefficient (Wildman–Crippen LogP) is 1.35. The molecule has 2 aromatic heterocycles. The Morgan fingerprint density at radius 3 is 3.17 bits per heavy atom. The molecule has 0 radical (unpaired) electrons. The molecular weight excluding hydrogens is 174 g/mol. The second-order valence-electron chi connectivity index (χ2n) is 2.15. The first-order chi connectivity index (χ1) is 5.92. The lowest BCUT2D eigenvalue weighted by Gasteiger charge is -1.88. The van der Waals surface area contributed by atoms with Crippen molar-refractivity contribution in [1.82, 2.24) is 15.2 Å². The third kappa shape index (κ3) is 1.04. The Bertz CT molecular complexity index is 379. The molecule has 0 fully saturated rings. The number of carbonyl (C=O) groups is 1. The second kappa shape index (κ2) is 2.86. The zero-order valence-corrected chi connectivity index (χ0v) is 6.84. The maximum Gasteiger partial charge on any atom is 0.168 e. The Balaban J connectivity index is 2.53. The van der Waals surface area contributed by atoms with E-state index < -0.39 is 0 Å².